The van der Waals surface area contributed by atoms with E-state index in [1.165, 1.54) is 16.4 Å². The lowest BCUT2D eigenvalue weighted by atomic mass is 9.96. The fraction of sp³-hybridized carbons (Fsp3) is 0.409. The zero-order valence-corrected chi connectivity index (χ0v) is 20.4. The average molecular weight is 499 g/mol. The van der Waals surface area contributed by atoms with Gasteiger partial charge in [0.1, 0.15) is 0 Å². The van der Waals surface area contributed by atoms with Gasteiger partial charge in [-0.25, -0.2) is 21.1 Å². The van der Waals surface area contributed by atoms with Gasteiger partial charge in [0, 0.05) is 30.3 Å². The predicted molar refractivity (Wildman–Crippen MR) is 124 cm³/mol. The fourth-order valence-electron chi connectivity index (χ4n) is 3.72. The van der Waals surface area contributed by atoms with Crippen LogP contribution in [0.4, 0.5) is 0 Å². The van der Waals surface area contributed by atoms with E-state index in [-0.39, 0.29) is 41.6 Å². The second-order valence-electron chi connectivity index (χ2n) is 8.09. The molecular formula is C22H27ClN2O5S2. The zero-order chi connectivity index (χ0) is 23.5. The molecule has 1 atom stereocenters. The summed E-state index contributed by atoms with van der Waals surface area (Å²) in [5.41, 5.74) is 1.36. The Morgan fingerprint density at radius 1 is 1.06 bits per heavy atom. The first-order chi connectivity index (χ1) is 15.0. The van der Waals surface area contributed by atoms with Crippen LogP contribution in [0.25, 0.3) is 0 Å². The minimum atomic E-state index is -3.52. The van der Waals surface area contributed by atoms with Gasteiger partial charge in [0.15, 0.2) is 9.84 Å². The minimum Gasteiger partial charge on any atom is -0.349 e. The van der Waals surface area contributed by atoms with Crippen molar-refractivity contribution < 1.29 is 21.6 Å². The molecule has 7 nitrogen and oxygen atoms in total. The van der Waals surface area contributed by atoms with Gasteiger partial charge >= 0.3 is 0 Å². The smallest absolute Gasteiger partial charge is 0.223 e. The number of amides is 1. The van der Waals surface area contributed by atoms with E-state index >= 15 is 0 Å². The highest BCUT2D eigenvalue weighted by Gasteiger charge is 2.32. The van der Waals surface area contributed by atoms with Crippen LogP contribution in [-0.2, 0) is 30.4 Å². The van der Waals surface area contributed by atoms with E-state index in [2.05, 4.69) is 5.32 Å². The molecule has 2 aromatic rings. The Bertz CT molecular complexity index is 1170. The molecule has 3 rings (SSSR count). The minimum absolute atomic E-state index is 0.132. The second kappa shape index (κ2) is 9.91. The van der Waals surface area contributed by atoms with Crippen LogP contribution in [0.3, 0.4) is 0 Å². The van der Waals surface area contributed by atoms with Crippen molar-refractivity contribution >= 4 is 37.4 Å². The van der Waals surface area contributed by atoms with Crippen LogP contribution in [0.1, 0.15) is 36.9 Å². The van der Waals surface area contributed by atoms with Gasteiger partial charge in [-0.2, -0.15) is 0 Å². The molecule has 1 saturated heterocycles. The number of benzene rings is 2. The van der Waals surface area contributed by atoms with Crippen molar-refractivity contribution in [3.8, 4) is 0 Å². The maximum absolute atomic E-state index is 12.8. The van der Waals surface area contributed by atoms with E-state index in [0.29, 0.717) is 23.4 Å². The third-order valence-corrected chi connectivity index (χ3v) is 9.01. The summed E-state index contributed by atoms with van der Waals surface area (Å²) in [5.74, 6) is -0.573. The number of hydrogen-bond donors (Lipinski definition) is 1. The molecule has 174 valence electrons. The lowest BCUT2D eigenvalue weighted by Crippen LogP contribution is -2.43. The number of carbonyl (C=O) groups excluding carboxylic acids is 1. The number of rotatable bonds is 7. The molecule has 0 aromatic heterocycles. The van der Waals surface area contributed by atoms with Crippen molar-refractivity contribution in [1.82, 2.24) is 9.62 Å². The topological polar surface area (TPSA) is 101 Å². The average Bonchev–Trinajstić information content (AvgIpc) is 2.75. The number of carbonyl (C=O) groups is 1. The molecule has 1 unspecified atom stereocenters. The zero-order valence-electron chi connectivity index (χ0n) is 18.0. The number of sulfone groups is 1. The summed E-state index contributed by atoms with van der Waals surface area (Å²) >= 11 is 6.10. The number of nitrogens with one attached hydrogen (secondary N) is 1. The number of nitrogens with zero attached hydrogens (tertiary/aromatic N) is 1. The summed E-state index contributed by atoms with van der Waals surface area (Å²) in [4.78, 5) is 12.9. The van der Waals surface area contributed by atoms with Crippen LogP contribution >= 0.6 is 11.6 Å². The van der Waals surface area contributed by atoms with Crippen LogP contribution in [0.15, 0.2) is 53.4 Å². The molecule has 32 heavy (non-hydrogen) atoms. The predicted octanol–water partition coefficient (Wildman–Crippen LogP) is 3.16. The van der Waals surface area contributed by atoms with Gasteiger partial charge in [0.25, 0.3) is 0 Å². The van der Waals surface area contributed by atoms with E-state index in [1.54, 1.807) is 36.4 Å². The van der Waals surface area contributed by atoms with Crippen molar-refractivity contribution in [2.45, 2.75) is 36.5 Å². The van der Waals surface area contributed by atoms with Gasteiger partial charge < -0.3 is 5.32 Å². The van der Waals surface area contributed by atoms with E-state index in [0.717, 1.165) is 11.8 Å². The van der Waals surface area contributed by atoms with Crippen molar-refractivity contribution in [2.24, 2.45) is 5.92 Å². The summed E-state index contributed by atoms with van der Waals surface area (Å²) < 4.78 is 50.1. The quantitative estimate of drug-likeness (QED) is 0.632. The summed E-state index contributed by atoms with van der Waals surface area (Å²) in [6.45, 7) is 2.39. The molecule has 1 aliphatic rings. The van der Waals surface area contributed by atoms with E-state index in [9.17, 15) is 21.6 Å². The highest BCUT2D eigenvalue weighted by Crippen LogP contribution is 2.25. The standard InChI is InChI=1S/C22H27ClN2O5S2/c1-16(17-7-9-20(10-8-17)31(2,27)28)24-22(26)18-11-13-25(14-12-18)32(29,30)15-19-5-3-4-6-21(19)23/h3-10,16,18H,11-15H2,1-2H3,(H,24,26). The molecule has 10 heteroatoms. The van der Waals surface area contributed by atoms with Gasteiger partial charge in [0.05, 0.1) is 16.7 Å². The van der Waals surface area contributed by atoms with Crippen LogP contribution in [0.2, 0.25) is 5.02 Å². The number of halogens is 1. The Morgan fingerprint density at radius 3 is 2.22 bits per heavy atom. The summed E-state index contributed by atoms with van der Waals surface area (Å²) in [7, 11) is -6.80. The van der Waals surface area contributed by atoms with Gasteiger partial charge in [0.2, 0.25) is 15.9 Å². The molecular weight excluding hydrogens is 472 g/mol. The van der Waals surface area contributed by atoms with Crippen LogP contribution in [0, 0.1) is 5.92 Å². The van der Waals surface area contributed by atoms with Crippen molar-refractivity contribution in [3.63, 3.8) is 0 Å². The van der Waals surface area contributed by atoms with Crippen LogP contribution < -0.4 is 5.32 Å². The second-order valence-corrected chi connectivity index (χ2v) is 12.5. The van der Waals surface area contributed by atoms with Gasteiger partial charge in [-0.15, -0.1) is 0 Å². The van der Waals surface area contributed by atoms with E-state index in [1.807, 2.05) is 6.92 Å². The monoisotopic (exact) mass is 498 g/mol. The maximum atomic E-state index is 12.8. The van der Waals surface area contributed by atoms with Gasteiger partial charge in [-0.05, 0) is 49.1 Å². The first-order valence-corrected chi connectivity index (χ1v) is 14.2. The first-order valence-electron chi connectivity index (χ1n) is 10.3. The molecule has 2 aromatic carbocycles. The largest absolute Gasteiger partial charge is 0.349 e. The van der Waals surface area contributed by atoms with E-state index < -0.39 is 19.9 Å². The molecule has 1 fully saturated rings. The Morgan fingerprint density at radius 2 is 1.66 bits per heavy atom. The van der Waals surface area contributed by atoms with Crippen molar-refractivity contribution in [3.05, 3.63) is 64.7 Å². The lowest BCUT2D eigenvalue weighted by Gasteiger charge is -2.31. The molecule has 1 amide bonds. The molecule has 0 radical (unpaired) electrons. The molecule has 0 saturated carbocycles. The third-order valence-electron chi connectivity index (χ3n) is 5.68. The lowest BCUT2D eigenvalue weighted by molar-refractivity contribution is -0.126. The Labute approximate surface area is 194 Å². The first kappa shape index (κ1) is 24.7. The fourth-order valence-corrected chi connectivity index (χ4v) is 6.22. The molecule has 1 N–H and O–H groups in total. The number of piperidine rings is 1. The Kier molecular flexibility index (Phi) is 7.65. The third kappa shape index (κ3) is 6.10. The summed E-state index contributed by atoms with van der Waals surface area (Å²) in [5, 5.41) is 3.37. The SMILES string of the molecule is CC(NC(=O)C1CCN(S(=O)(=O)Cc2ccccc2Cl)CC1)c1ccc(S(C)(=O)=O)cc1. The number of sulfonamides is 1. The van der Waals surface area contributed by atoms with E-state index in [4.69, 9.17) is 11.6 Å². The normalized spacial score (nSPS) is 17.1. The Hall–Kier alpha value is -1.94. The van der Waals surface area contributed by atoms with Crippen molar-refractivity contribution in [2.75, 3.05) is 19.3 Å². The molecule has 0 aliphatic carbocycles. The molecule has 1 heterocycles. The highest BCUT2D eigenvalue weighted by atomic mass is 35.5. The molecule has 0 spiro atoms. The highest BCUT2D eigenvalue weighted by molar-refractivity contribution is 7.90. The van der Waals surface area contributed by atoms with Gasteiger partial charge in [-0.3, -0.25) is 4.79 Å². The number of hydrogen-bond acceptors (Lipinski definition) is 5. The Balaban J connectivity index is 1.55. The van der Waals surface area contributed by atoms with Gasteiger partial charge in [-0.1, -0.05) is 41.9 Å². The summed E-state index contributed by atoms with van der Waals surface area (Å²) in [6, 6.07) is 13.0. The molecule has 1 aliphatic heterocycles. The van der Waals surface area contributed by atoms with Crippen LogP contribution in [0.5, 0.6) is 0 Å². The van der Waals surface area contributed by atoms with Crippen molar-refractivity contribution in [1.29, 1.82) is 0 Å². The van der Waals surface area contributed by atoms with Crippen LogP contribution in [-0.4, -0.2) is 46.4 Å². The molecule has 0 bridgehead atoms. The summed E-state index contributed by atoms with van der Waals surface area (Å²) in [6.07, 6.45) is 2.02. The maximum Gasteiger partial charge on any atom is 0.223 e.